The average molecular weight is 154 g/mol. The van der Waals surface area contributed by atoms with Gasteiger partial charge in [0.15, 0.2) is 0 Å². The van der Waals surface area contributed by atoms with Crippen LogP contribution in [0.3, 0.4) is 0 Å². The van der Waals surface area contributed by atoms with Crippen molar-refractivity contribution >= 4 is 0 Å². The molecule has 0 rings (SSSR count). The average Bonchev–Trinajstić information content (AvgIpc) is 1.81. The molecule has 0 bridgehead atoms. The van der Waals surface area contributed by atoms with Gasteiger partial charge in [0.25, 0.3) is 0 Å². The van der Waals surface area contributed by atoms with Gasteiger partial charge in [-0.2, -0.15) is 0 Å². The molecule has 1 N–H and O–H groups in total. The van der Waals surface area contributed by atoms with Gasteiger partial charge in [-0.05, 0) is 0 Å². The molecule has 0 aromatic carbocycles. The van der Waals surface area contributed by atoms with Gasteiger partial charge in [0, 0.05) is 0 Å². The van der Waals surface area contributed by atoms with Gasteiger partial charge in [-0.1, -0.05) is 52.4 Å². The summed E-state index contributed by atoms with van der Waals surface area (Å²) in [5.74, 6) is 0. The first-order valence-electron chi connectivity index (χ1n) is 3.91. The normalized spacial score (nSPS) is 7.80. The fraction of sp³-hybridized carbons (Fsp3) is 1.00. The summed E-state index contributed by atoms with van der Waals surface area (Å²) in [5, 5.41) is 0. The second-order valence-electron chi connectivity index (χ2n) is 2.41. The van der Waals surface area contributed by atoms with Crippen LogP contribution in [-0.4, -0.2) is 5.48 Å². The number of rotatable bonds is 5. The van der Waals surface area contributed by atoms with Crippen LogP contribution in [0.4, 0.5) is 0 Å². The fourth-order valence-corrected chi connectivity index (χ4v) is 0.854. The molecule has 0 saturated heterocycles. The molecule has 0 saturated carbocycles. The van der Waals surface area contributed by atoms with Crippen molar-refractivity contribution in [2.24, 2.45) is 0 Å². The third-order valence-corrected chi connectivity index (χ3v) is 1.46. The third kappa shape index (κ3) is 16.0. The van der Waals surface area contributed by atoms with Crippen LogP contribution in [0.25, 0.3) is 0 Å². The Balaban J connectivity index is -0.000000245. The van der Waals surface area contributed by atoms with Crippen LogP contribution in [0.15, 0.2) is 0 Å². The number of hydrogen-bond donors (Lipinski definition) is 0. The SMILES string of the molecule is CCCCCCCC.[Na+].[OH-]. The maximum atomic E-state index is 2.26. The second-order valence-corrected chi connectivity index (χ2v) is 2.41. The van der Waals surface area contributed by atoms with Gasteiger partial charge < -0.3 is 5.48 Å². The first-order valence-corrected chi connectivity index (χ1v) is 3.91. The van der Waals surface area contributed by atoms with E-state index >= 15 is 0 Å². The van der Waals surface area contributed by atoms with Gasteiger partial charge in [0.2, 0.25) is 0 Å². The van der Waals surface area contributed by atoms with Gasteiger partial charge in [-0.15, -0.1) is 0 Å². The van der Waals surface area contributed by atoms with E-state index in [9.17, 15) is 0 Å². The maximum Gasteiger partial charge on any atom is 1.00 e. The van der Waals surface area contributed by atoms with E-state index in [0.29, 0.717) is 0 Å². The number of unbranched alkanes of at least 4 members (excludes halogenated alkanes) is 5. The number of hydrogen-bond acceptors (Lipinski definition) is 1. The Labute approximate surface area is 87.2 Å². The van der Waals surface area contributed by atoms with Crippen molar-refractivity contribution in [2.45, 2.75) is 52.4 Å². The molecule has 0 aromatic rings. The molecule has 1 nitrogen and oxygen atoms in total. The summed E-state index contributed by atoms with van der Waals surface area (Å²) in [6, 6.07) is 0. The molecule has 0 amide bonds. The van der Waals surface area contributed by atoms with Crippen molar-refractivity contribution in [1.82, 2.24) is 0 Å². The summed E-state index contributed by atoms with van der Waals surface area (Å²) in [6.07, 6.45) is 8.49. The van der Waals surface area contributed by atoms with Crippen LogP contribution in [0.5, 0.6) is 0 Å². The van der Waals surface area contributed by atoms with Crippen LogP contribution in [0, 0.1) is 0 Å². The first kappa shape index (κ1) is 17.2. The minimum Gasteiger partial charge on any atom is -0.870 e. The zero-order chi connectivity index (χ0) is 6.24. The monoisotopic (exact) mass is 154 g/mol. The molecule has 0 atom stereocenters. The van der Waals surface area contributed by atoms with Crippen molar-refractivity contribution in [3.05, 3.63) is 0 Å². The van der Waals surface area contributed by atoms with Gasteiger partial charge in [-0.25, -0.2) is 0 Å². The van der Waals surface area contributed by atoms with Crippen LogP contribution in [-0.2, 0) is 0 Å². The first-order chi connectivity index (χ1) is 3.91. The van der Waals surface area contributed by atoms with Crippen molar-refractivity contribution in [2.75, 3.05) is 0 Å². The van der Waals surface area contributed by atoms with E-state index in [-0.39, 0.29) is 35.0 Å². The molecule has 0 aliphatic rings. The topological polar surface area (TPSA) is 30.0 Å². The molecule has 0 spiro atoms. The molecular formula is C8H19NaO. The van der Waals surface area contributed by atoms with Gasteiger partial charge >= 0.3 is 29.6 Å². The molecule has 2 heteroatoms. The molecule has 0 aliphatic carbocycles. The molecule has 0 aliphatic heterocycles. The van der Waals surface area contributed by atoms with Crippen LogP contribution in [0.1, 0.15) is 52.4 Å². The van der Waals surface area contributed by atoms with Gasteiger partial charge in [0.1, 0.15) is 0 Å². The van der Waals surface area contributed by atoms with E-state index in [0.717, 1.165) is 0 Å². The van der Waals surface area contributed by atoms with E-state index in [4.69, 9.17) is 0 Å². The quantitative estimate of drug-likeness (QED) is 0.411. The Bertz CT molecular complexity index is 34.2. The minimum absolute atomic E-state index is 0. The Kier molecular flexibility index (Phi) is 28.3. The maximum absolute atomic E-state index is 2.26. The Morgan fingerprint density at radius 3 is 1.20 bits per heavy atom. The minimum atomic E-state index is 0. The van der Waals surface area contributed by atoms with Crippen molar-refractivity contribution < 1.29 is 35.0 Å². The molecule has 0 aromatic heterocycles. The van der Waals surface area contributed by atoms with E-state index in [1.54, 1.807) is 0 Å². The summed E-state index contributed by atoms with van der Waals surface area (Å²) in [7, 11) is 0. The Hall–Kier alpha value is 0.960. The Morgan fingerprint density at radius 1 is 0.700 bits per heavy atom. The summed E-state index contributed by atoms with van der Waals surface area (Å²) in [4.78, 5) is 0. The molecule has 58 valence electrons. The summed E-state index contributed by atoms with van der Waals surface area (Å²) in [6.45, 7) is 4.51. The van der Waals surface area contributed by atoms with E-state index in [1.807, 2.05) is 0 Å². The molecular weight excluding hydrogens is 135 g/mol. The van der Waals surface area contributed by atoms with Gasteiger partial charge in [-0.3, -0.25) is 0 Å². The smallest absolute Gasteiger partial charge is 0.870 e. The van der Waals surface area contributed by atoms with Crippen molar-refractivity contribution in [3.8, 4) is 0 Å². The standard InChI is InChI=1S/C8H18.Na.H2O/c1-3-5-7-8-6-4-2;;/h3-8H2,1-2H3;;1H2/q;+1;/p-1. The van der Waals surface area contributed by atoms with Crippen LogP contribution >= 0.6 is 0 Å². The third-order valence-electron chi connectivity index (χ3n) is 1.46. The van der Waals surface area contributed by atoms with Crippen LogP contribution in [0.2, 0.25) is 0 Å². The molecule has 0 fully saturated rings. The zero-order valence-corrected chi connectivity index (χ0v) is 9.69. The fourth-order valence-electron chi connectivity index (χ4n) is 0.854. The van der Waals surface area contributed by atoms with Gasteiger partial charge in [0.05, 0.1) is 0 Å². The molecule has 10 heavy (non-hydrogen) atoms. The predicted octanol–water partition coefficient (Wildman–Crippen LogP) is 0.194. The molecule has 0 unspecified atom stereocenters. The predicted molar refractivity (Wildman–Crippen MR) is 41.0 cm³/mol. The second kappa shape index (κ2) is 16.5. The zero-order valence-electron chi connectivity index (χ0n) is 7.69. The van der Waals surface area contributed by atoms with E-state index < -0.39 is 0 Å². The van der Waals surface area contributed by atoms with Crippen LogP contribution < -0.4 is 29.6 Å². The Morgan fingerprint density at radius 2 is 1.00 bits per heavy atom. The van der Waals surface area contributed by atoms with E-state index in [1.165, 1.54) is 38.5 Å². The summed E-state index contributed by atoms with van der Waals surface area (Å²) >= 11 is 0. The molecule has 0 radical (unpaired) electrons. The largest absolute Gasteiger partial charge is 1.00 e. The van der Waals surface area contributed by atoms with Crippen molar-refractivity contribution in [1.29, 1.82) is 0 Å². The summed E-state index contributed by atoms with van der Waals surface area (Å²) < 4.78 is 0. The van der Waals surface area contributed by atoms with Crippen molar-refractivity contribution in [3.63, 3.8) is 0 Å². The summed E-state index contributed by atoms with van der Waals surface area (Å²) in [5.41, 5.74) is 0. The van der Waals surface area contributed by atoms with E-state index in [2.05, 4.69) is 13.8 Å². The molecule has 0 heterocycles.